The summed E-state index contributed by atoms with van der Waals surface area (Å²) in [6, 6.07) is -0.344. The van der Waals surface area contributed by atoms with Gasteiger partial charge in [0.25, 0.3) is 0 Å². The number of carbonyl (C=O) groups excluding carboxylic acids is 2. The first kappa shape index (κ1) is 17.0. The maximum Gasteiger partial charge on any atom is 0.246 e. The molecule has 0 aromatic rings. The minimum Gasteiger partial charge on any atom is -0.342 e. The third-order valence-electron chi connectivity index (χ3n) is 4.34. The molecule has 0 aromatic heterocycles. The zero-order valence-corrected chi connectivity index (χ0v) is 13.7. The van der Waals surface area contributed by atoms with E-state index in [9.17, 15) is 9.59 Å². The van der Waals surface area contributed by atoms with Gasteiger partial charge in [0.05, 0.1) is 0 Å². The Morgan fingerprint density at radius 1 is 1.25 bits per heavy atom. The van der Waals surface area contributed by atoms with Crippen LogP contribution in [0.3, 0.4) is 0 Å². The summed E-state index contributed by atoms with van der Waals surface area (Å²) in [5, 5.41) is 2.93. The van der Waals surface area contributed by atoms with Gasteiger partial charge in [-0.25, -0.2) is 0 Å². The highest BCUT2D eigenvalue weighted by molar-refractivity contribution is 5.99. The summed E-state index contributed by atoms with van der Waals surface area (Å²) in [7, 11) is 0. The molecule has 1 aliphatic rings. The molecule has 1 rings (SSSR count). The molecule has 1 fully saturated rings. The van der Waals surface area contributed by atoms with Crippen LogP contribution in [0.1, 0.15) is 66.7 Å². The van der Waals surface area contributed by atoms with Gasteiger partial charge in [0.1, 0.15) is 11.6 Å². The van der Waals surface area contributed by atoms with E-state index in [0.717, 1.165) is 19.3 Å². The molecule has 1 aliphatic heterocycles. The van der Waals surface area contributed by atoms with E-state index in [1.54, 1.807) is 0 Å². The molecule has 2 atom stereocenters. The summed E-state index contributed by atoms with van der Waals surface area (Å²) in [6.45, 7) is 10.9. The number of piperazine rings is 1. The first-order valence-electron chi connectivity index (χ1n) is 7.99. The average Bonchev–Trinajstić information content (AvgIpc) is 2.39. The van der Waals surface area contributed by atoms with Crippen LogP contribution in [0.25, 0.3) is 0 Å². The van der Waals surface area contributed by atoms with Gasteiger partial charge in [-0.2, -0.15) is 0 Å². The third-order valence-corrected chi connectivity index (χ3v) is 4.34. The lowest BCUT2D eigenvalue weighted by Gasteiger charge is -2.46. The van der Waals surface area contributed by atoms with Crippen LogP contribution in [0.4, 0.5) is 0 Å². The molecule has 0 saturated carbocycles. The number of carbonyl (C=O) groups is 2. The molecular formula is C16H30N2O2. The van der Waals surface area contributed by atoms with Gasteiger partial charge in [-0.1, -0.05) is 40.5 Å². The summed E-state index contributed by atoms with van der Waals surface area (Å²) < 4.78 is 0. The molecule has 1 N–H and O–H groups in total. The zero-order valence-electron chi connectivity index (χ0n) is 13.7. The molecule has 2 amide bonds. The maximum atomic E-state index is 12.7. The Balaban J connectivity index is 2.89. The molecule has 0 radical (unpaired) electrons. The Morgan fingerprint density at radius 2 is 1.90 bits per heavy atom. The Bertz CT molecular complexity index is 354. The predicted molar refractivity (Wildman–Crippen MR) is 81.3 cm³/mol. The fourth-order valence-corrected chi connectivity index (χ4v) is 2.79. The quantitative estimate of drug-likeness (QED) is 0.730. The fraction of sp³-hybridized carbons (Fsp3) is 0.875. The Hall–Kier alpha value is -1.06. The second-order valence-corrected chi connectivity index (χ2v) is 6.48. The molecule has 0 bridgehead atoms. The van der Waals surface area contributed by atoms with Gasteiger partial charge in [0, 0.05) is 6.54 Å². The highest BCUT2D eigenvalue weighted by atomic mass is 16.2. The van der Waals surface area contributed by atoms with Crippen molar-refractivity contribution < 1.29 is 9.59 Å². The summed E-state index contributed by atoms with van der Waals surface area (Å²) in [6.07, 6.45) is 4.56. The second kappa shape index (κ2) is 7.09. The highest BCUT2D eigenvalue weighted by Gasteiger charge is 2.47. The monoisotopic (exact) mass is 282 g/mol. The summed E-state index contributed by atoms with van der Waals surface area (Å²) in [4.78, 5) is 26.9. The third kappa shape index (κ3) is 3.53. The van der Waals surface area contributed by atoms with Crippen molar-refractivity contribution in [3.05, 3.63) is 0 Å². The van der Waals surface area contributed by atoms with E-state index in [4.69, 9.17) is 0 Å². The van der Waals surface area contributed by atoms with Gasteiger partial charge in [-0.05, 0) is 32.1 Å². The van der Waals surface area contributed by atoms with E-state index in [-0.39, 0.29) is 17.9 Å². The van der Waals surface area contributed by atoms with Crippen LogP contribution in [-0.2, 0) is 9.59 Å². The van der Waals surface area contributed by atoms with E-state index in [1.165, 1.54) is 0 Å². The van der Waals surface area contributed by atoms with Crippen LogP contribution in [0.15, 0.2) is 0 Å². The molecule has 1 saturated heterocycles. The van der Waals surface area contributed by atoms with E-state index in [2.05, 4.69) is 26.1 Å². The van der Waals surface area contributed by atoms with Gasteiger partial charge in [0.2, 0.25) is 11.8 Å². The minimum atomic E-state index is -0.682. The first-order chi connectivity index (χ1) is 9.36. The first-order valence-corrected chi connectivity index (χ1v) is 7.99. The Kier molecular flexibility index (Phi) is 6.03. The minimum absolute atomic E-state index is 0.00162. The van der Waals surface area contributed by atoms with Gasteiger partial charge in [-0.3, -0.25) is 9.59 Å². The van der Waals surface area contributed by atoms with Gasteiger partial charge < -0.3 is 10.2 Å². The Morgan fingerprint density at radius 3 is 2.40 bits per heavy atom. The molecule has 0 spiro atoms. The Labute approximate surface area is 123 Å². The average molecular weight is 282 g/mol. The van der Waals surface area contributed by atoms with Crippen molar-refractivity contribution in [2.75, 3.05) is 6.54 Å². The SMILES string of the molecule is CCCCCN1C(=O)C(CC(C)C)NC(=O)C1(C)CC. The molecule has 20 heavy (non-hydrogen) atoms. The number of rotatable bonds is 7. The van der Waals surface area contributed by atoms with Crippen molar-refractivity contribution in [2.24, 2.45) is 5.92 Å². The molecule has 1 heterocycles. The summed E-state index contributed by atoms with van der Waals surface area (Å²) in [5.41, 5.74) is -0.682. The van der Waals surface area contributed by atoms with Crippen LogP contribution in [-0.4, -0.2) is 34.8 Å². The number of nitrogens with one attached hydrogen (secondary N) is 1. The lowest BCUT2D eigenvalue weighted by Crippen LogP contribution is -2.69. The molecule has 116 valence electrons. The highest BCUT2D eigenvalue weighted by Crippen LogP contribution is 2.27. The van der Waals surface area contributed by atoms with Crippen molar-refractivity contribution >= 4 is 11.8 Å². The van der Waals surface area contributed by atoms with Crippen LogP contribution in [0.2, 0.25) is 0 Å². The van der Waals surface area contributed by atoms with Crippen molar-refractivity contribution in [3.63, 3.8) is 0 Å². The van der Waals surface area contributed by atoms with Gasteiger partial charge in [0.15, 0.2) is 0 Å². The van der Waals surface area contributed by atoms with Crippen LogP contribution in [0.5, 0.6) is 0 Å². The number of nitrogens with zero attached hydrogens (tertiary/aromatic N) is 1. The lowest BCUT2D eigenvalue weighted by molar-refractivity contribution is -0.157. The summed E-state index contributed by atoms with van der Waals surface area (Å²) >= 11 is 0. The predicted octanol–water partition coefficient (Wildman–Crippen LogP) is 2.72. The largest absolute Gasteiger partial charge is 0.342 e. The zero-order chi connectivity index (χ0) is 15.3. The number of amides is 2. The molecule has 0 aliphatic carbocycles. The van der Waals surface area contributed by atoms with E-state index >= 15 is 0 Å². The van der Waals surface area contributed by atoms with Crippen LogP contribution >= 0.6 is 0 Å². The summed E-state index contributed by atoms with van der Waals surface area (Å²) in [5.74, 6) is 0.494. The van der Waals surface area contributed by atoms with Crippen molar-refractivity contribution in [3.8, 4) is 0 Å². The van der Waals surface area contributed by atoms with Crippen molar-refractivity contribution in [2.45, 2.75) is 78.3 Å². The maximum absolute atomic E-state index is 12.7. The molecule has 4 heteroatoms. The van der Waals surface area contributed by atoms with Gasteiger partial charge in [-0.15, -0.1) is 0 Å². The smallest absolute Gasteiger partial charge is 0.246 e. The lowest BCUT2D eigenvalue weighted by atomic mass is 9.88. The van der Waals surface area contributed by atoms with Crippen LogP contribution in [0, 0.1) is 5.92 Å². The number of unbranched alkanes of at least 4 members (excludes halogenated alkanes) is 2. The van der Waals surface area contributed by atoms with E-state index in [1.807, 2.05) is 18.7 Å². The fourth-order valence-electron chi connectivity index (χ4n) is 2.79. The molecular weight excluding hydrogens is 252 g/mol. The van der Waals surface area contributed by atoms with Crippen molar-refractivity contribution in [1.29, 1.82) is 0 Å². The number of hydrogen-bond donors (Lipinski definition) is 1. The standard InChI is InChI=1S/C16H30N2O2/c1-6-8-9-10-18-14(19)13(11-12(3)4)17-15(20)16(18,5)7-2/h12-13H,6-11H2,1-5H3,(H,17,20). The van der Waals surface area contributed by atoms with Crippen LogP contribution < -0.4 is 5.32 Å². The molecule has 0 aromatic carbocycles. The normalized spacial score (nSPS) is 27.1. The van der Waals surface area contributed by atoms with E-state index in [0.29, 0.717) is 25.3 Å². The second-order valence-electron chi connectivity index (χ2n) is 6.48. The molecule has 4 nitrogen and oxygen atoms in total. The van der Waals surface area contributed by atoms with Crippen molar-refractivity contribution in [1.82, 2.24) is 10.2 Å². The van der Waals surface area contributed by atoms with Gasteiger partial charge >= 0.3 is 0 Å². The molecule has 2 unspecified atom stereocenters. The van der Waals surface area contributed by atoms with E-state index < -0.39 is 5.54 Å². The number of hydrogen-bond acceptors (Lipinski definition) is 2. The topological polar surface area (TPSA) is 49.4 Å².